The van der Waals surface area contributed by atoms with Crippen LogP contribution in [0.4, 0.5) is 0 Å². The molecule has 12 nitrogen and oxygen atoms in total. The van der Waals surface area contributed by atoms with Crippen molar-refractivity contribution in [3.8, 4) is 22.8 Å². The number of nitrogens with zero attached hydrogens (tertiary/aromatic N) is 5. The summed E-state index contributed by atoms with van der Waals surface area (Å²) in [5.74, 6) is -0.775. The highest BCUT2D eigenvalue weighted by Crippen LogP contribution is 2.44. The first-order valence-corrected chi connectivity index (χ1v) is 11.7. The molecule has 1 aromatic carbocycles. The van der Waals surface area contributed by atoms with E-state index < -0.39 is 37.6 Å². The van der Waals surface area contributed by atoms with E-state index in [4.69, 9.17) is 14.0 Å². The topological polar surface area (TPSA) is 154 Å². The highest BCUT2D eigenvalue weighted by Gasteiger charge is 2.40. The third-order valence-corrected chi connectivity index (χ3v) is 5.52. The lowest BCUT2D eigenvalue weighted by Crippen LogP contribution is -2.29. The molecule has 1 saturated heterocycles. The van der Waals surface area contributed by atoms with Crippen molar-refractivity contribution in [2.24, 2.45) is 0 Å². The third-order valence-electron chi connectivity index (χ3n) is 4.86. The van der Waals surface area contributed by atoms with Crippen molar-refractivity contribution >= 4 is 7.60 Å². The maximum atomic E-state index is 12.4. The van der Waals surface area contributed by atoms with Gasteiger partial charge in [-0.2, -0.15) is 0 Å². The van der Waals surface area contributed by atoms with Crippen LogP contribution in [0.25, 0.3) is 16.9 Å². The summed E-state index contributed by atoms with van der Waals surface area (Å²) in [6.45, 7) is 1.15. The molecular formula is C19H21N5O7P-. The number of ether oxygens (including phenoxy) is 2. The molecule has 4 atom stereocenters. The van der Waals surface area contributed by atoms with Gasteiger partial charge in [0, 0.05) is 37.8 Å². The monoisotopic (exact) mass is 462 g/mol. The van der Waals surface area contributed by atoms with Crippen LogP contribution < -0.4 is 10.8 Å². The molecule has 0 bridgehead atoms. The maximum Gasteiger partial charge on any atom is 0.349 e. The number of rotatable bonds is 7. The second-order valence-corrected chi connectivity index (χ2v) is 9.12. The quantitative estimate of drug-likeness (QED) is 0.496. The van der Waals surface area contributed by atoms with Gasteiger partial charge in [0.05, 0.1) is 24.6 Å². The Kier molecular flexibility index (Phi) is 6.22. The van der Waals surface area contributed by atoms with Gasteiger partial charge in [0.1, 0.15) is 18.0 Å². The zero-order chi connectivity index (χ0) is 22.9. The fourth-order valence-electron chi connectivity index (χ4n) is 3.48. The summed E-state index contributed by atoms with van der Waals surface area (Å²) in [5, 5.41) is 20.5. The highest BCUT2D eigenvalue weighted by atomic mass is 31.2. The van der Waals surface area contributed by atoms with Gasteiger partial charge in [0.15, 0.2) is 0 Å². The molecule has 32 heavy (non-hydrogen) atoms. The van der Waals surface area contributed by atoms with Crippen molar-refractivity contribution in [3.05, 3.63) is 53.2 Å². The Morgan fingerprint density at radius 3 is 2.75 bits per heavy atom. The Balaban J connectivity index is 1.65. The second kappa shape index (κ2) is 8.93. The second-order valence-electron chi connectivity index (χ2n) is 7.30. The number of benzene rings is 1. The molecule has 0 saturated carbocycles. The molecule has 3 aromatic rings. The summed E-state index contributed by atoms with van der Waals surface area (Å²) in [7, 11) is -2.36. The van der Waals surface area contributed by atoms with E-state index in [-0.39, 0.29) is 18.7 Å². The Hall–Kier alpha value is -2.89. The van der Waals surface area contributed by atoms with Crippen LogP contribution >= 0.6 is 7.60 Å². The van der Waals surface area contributed by atoms with E-state index in [0.29, 0.717) is 5.69 Å². The molecule has 4 rings (SSSR count). The molecule has 13 heteroatoms. The molecule has 3 heterocycles. The van der Waals surface area contributed by atoms with Crippen LogP contribution in [0, 0.1) is 0 Å². The van der Waals surface area contributed by atoms with E-state index in [1.807, 2.05) is 30.3 Å². The average molecular weight is 462 g/mol. The molecule has 1 aliphatic heterocycles. The Morgan fingerprint density at radius 1 is 1.31 bits per heavy atom. The first-order valence-electron chi connectivity index (χ1n) is 9.66. The van der Waals surface area contributed by atoms with Crippen molar-refractivity contribution < 1.29 is 28.6 Å². The largest absolute Gasteiger partial charge is 0.857 e. The average Bonchev–Trinajstić information content (AvgIpc) is 3.36. The van der Waals surface area contributed by atoms with Crippen molar-refractivity contribution in [1.82, 2.24) is 24.5 Å². The molecule has 2 aromatic heterocycles. The van der Waals surface area contributed by atoms with E-state index >= 15 is 0 Å². The molecule has 0 amide bonds. The van der Waals surface area contributed by atoms with Gasteiger partial charge < -0.3 is 24.0 Å². The van der Waals surface area contributed by atoms with Gasteiger partial charge in [0.25, 0.3) is 0 Å². The van der Waals surface area contributed by atoms with Gasteiger partial charge in [-0.05, 0) is 0 Å². The minimum absolute atomic E-state index is 0.00105. The van der Waals surface area contributed by atoms with Crippen LogP contribution in [0.5, 0.6) is 5.88 Å². The Labute approximate surface area is 182 Å². The van der Waals surface area contributed by atoms with Crippen molar-refractivity contribution in [1.29, 1.82) is 0 Å². The summed E-state index contributed by atoms with van der Waals surface area (Å²) < 4.78 is 30.2. The van der Waals surface area contributed by atoms with Crippen molar-refractivity contribution in [2.45, 2.75) is 24.9 Å². The molecule has 1 aliphatic rings. The first kappa shape index (κ1) is 22.3. The van der Waals surface area contributed by atoms with Crippen LogP contribution in [0.2, 0.25) is 0 Å². The van der Waals surface area contributed by atoms with E-state index in [0.717, 1.165) is 16.8 Å². The fraction of sp³-hybridized carbons (Fsp3) is 0.368. The number of methoxy groups -OCH3 is 1. The van der Waals surface area contributed by atoms with Crippen LogP contribution in [0.1, 0.15) is 12.6 Å². The molecule has 1 fully saturated rings. The minimum Gasteiger partial charge on any atom is -0.857 e. The summed E-state index contributed by atoms with van der Waals surface area (Å²) in [5.41, 5.74) is 0.517. The van der Waals surface area contributed by atoms with Gasteiger partial charge in [-0.15, -0.1) is 5.10 Å². The normalized spacial score (nSPS) is 22.7. The molecule has 0 radical (unpaired) electrons. The lowest BCUT2D eigenvalue weighted by Gasteiger charge is -2.19. The maximum absolute atomic E-state index is 12.4. The van der Waals surface area contributed by atoms with E-state index in [2.05, 4.69) is 15.3 Å². The van der Waals surface area contributed by atoms with Crippen molar-refractivity contribution in [2.75, 3.05) is 20.4 Å². The highest BCUT2D eigenvalue weighted by molar-refractivity contribution is 7.51. The standard InChI is InChI=1S/C19H22N5O7P/c1-29-11-16-15(31-32(2,27)28)8-17(30-16)23-10-14(18(25)20-19(23)26)24-9-13(21-22-24)12-6-4-3-5-7-12/h3-7,9-10,15-17H,8,11H2,1-2H3,(H,27,28)(H,20,25,26)/p-1. The molecule has 4 unspecified atom stereocenters. The van der Waals surface area contributed by atoms with Crippen LogP contribution in [-0.2, 0) is 18.6 Å². The smallest absolute Gasteiger partial charge is 0.349 e. The lowest BCUT2D eigenvalue weighted by molar-refractivity contribution is -0.275. The summed E-state index contributed by atoms with van der Waals surface area (Å²) in [4.78, 5) is 25.6. The number of hydrogen-bond donors (Lipinski definition) is 1. The van der Waals surface area contributed by atoms with Crippen LogP contribution in [0.3, 0.4) is 0 Å². The molecule has 0 aliphatic carbocycles. The first-order chi connectivity index (χ1) is 15.2. The number of hydrogen-bond acceptors (Lipinski definition) is 9. The Bertz CT molecular complexity index is 1190. The van der Waals surface area contributed by atoms with Crippen LogP contribution in [0.15, 0.2) is 47.5 Å². The molecule has 0 spiro atoms. The SMILES string of the molecule is COCC1OC(n2cc(-n3cc(-c4ccccc4)nn3)c([O-])nc2=O)CC1OP(C)(=O)O. The fourth-order valence-corrected chi connectivity index (χ4v) is 4.20. The predicted molar refractivity (Wildman–Crippen MR) is 109 cm³/mol. The zero-order valence-electron chi connectivity index (χ0n) is 17.3. The van der Waals surface area contributed by atoms with Gasteiger partial charge >= 0.3 is 13.3 Å². The third kappa shape index (κ3) is 4.79. The van der Waals surface area contributed by atoms with E-state index in [1.54, 1.807) is 6.20 Å². The van der Waals surface area contributed by atoms with Crippen molar-refractivity contribution in [3.63, 3.8) is 0 Å². The summed E-state index contributed by atoms with van der Waals surface area (Å²) in [6, 6.07) is 9.27. The summed E-state index contributed by atoms with van der Waals surface area (Å²) >= 11 is 0. The number of aromatic nitrogens is 5. The molecular weight excluding hydrogens is 441 g/mol. The Morgan fingerprint density at radius 2 is 2.06 bits per heavy atom. The van der Waals surface area contributed by atoms with E-state index in [1.165, 1.54) is 18.0 Å². The summed E-state index contributed by atoms with van der Waals surface area (Å²) in [6.07, 6.45) is 0.545. The molecule has 170 valence electrons. The minimum atomic E-state index is -3.81. The van der Waals surface area contributed by atoms with Crippen LogP contribution in [-0.4, -0.2) is 62.0 Å². The predicted octanol–water partition coefficient (Wildman–Crippen LogP) is 0.699. The lowest BCUT2D eigenvalue weighted by atomic mass is 10.2. The van der Waals surface area contributed by atoms with Gasteiger partial charge in [-0.3, -0.25) is 9.13 Å². The zero-order valence-corrected chi connectivity index (χ0v) is 18.2. The van der Waals surface area contributed by atoms with Gasteiger partial charge in [0.2, 0.25) is 0 Å². The van der Waals surface area contributed by atoms with Gasteiger partial charge in [-0.1, -0.05) is 35.5 Å². The van der Waals surface area contributed by atoms with E-state index in [9.17, 15) is 19.4 Å². The van der Waals surface area contributed by atoms with Gasteiger partial charge in [-0.25, -0.2) is 14.5 Å². The molecule has 1 N–H and O–H groups in total.